The van der Waals surface area contributed by atoms with E-state index in [1.165, 1.54) is 0 Å². The number of nitrogens with two attached hydrogens (primary N) is 2. The number of aliphatic carboxylic acids is 4. The van der Waals surface area contributed by atoms with Crippen LogP contribution in [-0.2, 0) is 36.2 Å². The predicted molar refractivity (Wildman–Crippen MR) is 66.5 cm³/mol. The zero-order valence-corrected chi connectivity index (χ0v) is 13.9. The van der Waals surface area contributed by atoms with E-state index in [0.717, 1.165) is 0 Å². The Labute approximate surface area is 147 Å². The summed E-state index contributed by atoms with van der Waals surface area (Å²) in [7, 11) is 0. The van der Waals surface area contributed by atoms with Gasteiger partial charge in [0, 0.05) is 60.6 Å². The fraction of sp³-hybridized carbons (Fsp3) is 0.636. The molecule has 10 N–H and O–H groups in total. The summed E-state index contributed by atoms with van der Waals surface area (Å²) in [5.74, 6) is -6.82. The molecule has 0 heterocycles. The van der Waals surface area contributed by atoms with Crippen molar-refractivity contribution in [1.29, 1.82) is 0 Å². The van der Waals surface area contributed by atoms with E-state index in [1.807, 2.05) is 0 Å². The predicted octanol–water partition coefficient (Wildman–Crippen LogP) is -7.12. The standard InChI is InChI=1S/C11H18N2O8.Fe.H3N.H2O/c12-10(1-6(14)15,2-7(16)17)5-11(13,3-8(18)19)4-9(20)21;;;/h1-5,12-13H2,(H,14,15)(H,16,17)(H,18,19)(H,20,21);;1H3;1H2/q;+3;;/p-3. The molecule has 0 amide bonds. The summed E-state index contributed by atoms with van der Waals surface area (Å²) in [6, 6.07) is 0. The molecule has 0 aliphatic rings. The first-order valence-corrected chi connectivity index (χ1v) is 5.75. The Bertz CT molecular complexity index is 386. The van der Waals surface area contributed by atoms with Crippen LogP contribution in [0.3, 0.4) is 0 Å². The van der Waals surface area contributed by atoms with Crippen LogP contribution in [0.1, 0.15) is 32.1 Å². The third kappa shape index (κ3) is 12.8. The van der Waals surface area contributed by atoms with Gasteiger partial charge in [-0.1, -0.05) is 0 Å². The molecule has 0 aromatic heterocycles. The van der Waals surface area contributed by atoms with Crippen LogP contribution in [0.4, 0.5) is 0 Å². The molecule has 0 aliphatic heterocycles. The SMILES string of the molecule is NC(CC(=O)[O-])(CC(=O)[O-])CC(N)(CC(=O)[O-])CC(=O)[O-].O.[Fe+3].[NH4+]. The maximum atomic E-state index is 10.6. The van der Waals surface area contributed by atoms with Crippen molar-refractivity contribution in [1.82, 2.24) is 6.15 Å². The molecule has 13 heteroatoms. The molecule has 0 saturated heterocycles. The summed E-state index contributed by atoms with van der Waals surface area (Å²) >= 11 is 0. The fourth-order valence-electron chi connectivity index (χ4n) is 2.23. The minimum atomic E-state index is -2.03. The molecule has 0 saturated carbocycles. The van der Waals surface area contributed by atoms with Crippen LogP contribution in [0.2, 0.25) is 0 Å². The molecule has 0 aromatic rings. The number of carbonyl (C=O) groups excluding carboxylic acids is 4. The van der Waals surface area contributed by atoms with Crippen molar-refractivity contribution < 1.29 is 62.1 Å². The number of carboxylic acid groups (broad SMARTS) is 4. The Hall–Kier alpha value is -1.76. The molecule has 0 spiro atoms. The number of hydrogen-bond acceptors (Lipinski definition) is 10. The zero-order valence-electron chi connectivity index (χ0n) is 12.8. The topological polar surface area (TPSA) is 281 Å². The normalized spacial score (nSPS) is 10.4. The van der Waals surface area contributed by atoms with Crippen molar-refractivity contribution in [2.24, 2.45) is 11.5 Å². The van der Waals surface area contributed by atoms with Gasteiger partial charge in [0.1, 0.15) is 0 Å². The van der Waals surface area contributed by atoms with Crippen LogP contribution in [0.15, 0.2) is 0 Å². The summed E-state index contributed by atoms with van der Waals surface area (Å²) in [6.45, 7) is 0. The second-order valence-electron chi connectivity index (χ2n) is 5.10. The van der Waals surface area contributed by atoms with Gasteiger partial charge < -0.3 is 62.7 Å². The van der Waals surface area contributed by atoms with E-state index in [4.69, 9.17) is 11.5 Å². The minimum absolute atomic E-state index is 0. The molecule has 12 nitrogen and oxygen atoms in total. The molecule has 0 aliphatic carbocycles. The molecular weight excluding hydrogens is 374 g/mol. The van der Waals surface area contributed by atoms with Gasteiger partial charge in [-0.2, -0.15) is 0 Å². The van der Waals surface area contributed by atoms with Gasteiger partial charge in [0.05, 0.1) is 0 Å². The Balaban J connectivity index is -0.000000667. The number of hydrogen-bond donors (Lipinski definition) is 3. The molecule has 0 bridgehead atoms. The number of carboxylic acids is 4. The number of carbonyl (C=O) groups is 4. The largest absolute Gasteiger partial charge is 3.00 e. The molecule has 1 radical (unpaired) electrons. The summed E-state index contributed by atoms with van der Waals surface area (Å²) in [6.07, 6.45) is -4.62. The average molecular weight is 394 g/mol. The maximum absolute atomic E-state index is 10.6. The van der Waals surface area contributed by atoms with Gasteiger partial charge in [-0.25, -0.2) is 0 Å². The van der Waals surface area contributed by atoms with E-state index < -0.39 is 67.1 Å². The molecule has 0 atom stereocenters. The molecule has 24 heavy (non-hydrogen) atoms. The van der Waals surface area contributed by atoms with Crippen molar-refractivity contribution in [3.63, 3.8) is 0 Å². The molecule has 141 valence electrons. The van der Waals surface area contributed by atoms with Crippen LogP contribution in [-0.4, -0.2) is 40.4 Å². The number of rotatable bonds is 10. The Morgan fingerprint density at radius 1 is 0.667 bits per heavy atom. The third-order valence-electron chi connectivity index (χ3n) is 2.69. The maximum Gasteiger partial charge on any atom is 3.00 e. The van der Waals surface area contributed by atoms with E-state index in [9.17, 15) is 39.6 Å². The van der Waals surface area contributed by atoms with Gasteiger partial charge in [-0.05, 0) is 6.42 Å². The van der Waals surface area contributed by atoms with Gasteiger partial charge in [0.15, 0.2) is 0 Å². The molecule has 0 unspecified atom stereocenters. The van der Waals surface area contributed by atoms with E-state index in [1.54, 1.807) is 0 Å². The second kappa shape index (κ2) is 11.7. The van der Waals surface area contributed by atoms with Crippen molar-refractivity contribution in [3.05, 3.63) is 0 Å². The monoisotopic (exact) mass is 394 g/mol. The average Bonchev–Trinajstić information content (AvgIpc) is 2.07. The quantitative estimate of drug-likeness (QED) is 0.294. The van der Waals surface area contributed by atoms with E-state index >= 15 is 0 Å². The second-order valence-corrected chi connectivity index (χ2v) is 5.10. The van der Waals surface area contributed by atoms with E-state index in [0.29, 0.717) is 0 Å². The van der Waals surface area contributed by atoms with Crippen LogP contribution < -0.4 is 38.0 Å². The minimum Gasteiger partial charge on any atom is -0.550 e. The molecule has 0 fully saturated rings. The number of quaternary nitrogens is 1. The molecule has 0 rings (SSSR count). The van der Waals surface area contributed by atoms with E-state index in [-0.39, 0.29) is 28.7 Å². The first-order valence-electron chi connectivity index (χ1n) is 5.75. The van der Waals surface area contributed by atoms with Crippen molar-refractivity contribution in [2.45, 2.75) is 43.2 Å². The third-order valence-corrected chi connectivity index (χ3v) is 2.69. The zero-order chi connectivity index (χ0) is 16.8. The first kappa shape index (κ1) is 30.2. The Kier molecular flexibility index (Phi) is 14.7. The van der Waals surface area contributed by atoms with Gasteiger partial charge in [-0.15, -0.1) is 0 Å². The summed E-state index contributed by atoms with van der Waals surface area (Å²) in [4.78, 5) is 42.5. The van der Waals surface area contributed by atoms with Gasteiger partial charge in [0.25, 0.3) is 0 Å². The fourth-order valence-corrected chi connectivity index (χ4v) is 2.23. The Morgan fingerprint density at radius 3 is 0.958 bits per heavy atom. The Morgan fingerprint density at radius 2 is 0.833 bits per heavy atom. The van der Waals surface area contributed by atoms with Crippen LogP contribution >= 0.6 is 0 Å². The van der Waals surface area contributed by atoms with Crippen molar-refractivity contribution >= 4 is 23.9 Å². The van der Waals surface area contributed by atoms with E-state index in [2.05, 4.69) is 0 Å². The molecular formula is C11H20FeN3O9. The van der Waals surface area contributed by atoms with Gasteiger partial charge >= 0.3 is 17.1 Å². The van der Waals surface area contributed by atoms with Crippen LogP contribution in [0.5, 0.6) is 0 Å². The summed E-state index contributed by atoms with van der Waals surface area (Å²) < 4.78 is 0. The van der Waals surface area contributed by atoms with Gasteiger partial charge in [0.2, 0.25) is 0 Å². The first-order chi connectivity index (χ1) is 9.37. The smallest absolute Gasteiger partial charge is 0.550 e. The van der Waals surface area contributed by atoms with Crippen LogP contribution in [0.25, 0.3) is 0 Å². The summed E-state index contributed by atoms with van der Waals surface area (Å²) in [5.41, 5.74) is 7.12. The molecule has 0 aromatic carbocycles. The van der Waals surface area contributed by atoms with Crippen molar-refractivity contribution in [3.8, 4) is 0 Å². The van der Waals surface area contributed by atoms with Crippen LogP contribution in [0, 0.1) is 0 Å². The summed E-state index contributed by atoms with van der Waals surface area (Å²) in [5, 5.41) is 42.5. The van der Waals surface area contributed by atoms with Crippen molar-refractivity contribution in [2.75, 3.05) is 0 Å². The van der Waals surface area contributed by atoms with Gasteiger partial charge in [-0.3, -0.25) is 0 Å².